The van der Waals surface area contributed by atoms with Crippen molar-refractivity contribution in [1.29, 1.82) is 0 Å². The number of carbonyl (C=O) groups excluding carboxylic acids is 1. The molecule has 0 bridgehead atoms. The molecule has 0 aliphatic rings. The molecule has 0 amide bonds. The number of carboxylic acids is 2. The van der Waals surface area contributed by atoms with Crippen molar-refractivity contribution in [2.45, 2.75) is 39.0 Å². The number of carboxylic acid groups (broad SMARTS) is 2. The van der Waals surface area contributed by atoms with Gasteiger partial charge in [0.05, 0.1) is 25.2 Å². The van der Waals surface area contributed by atoms with Crippen LogP contribution < -0.4 is 51.4 Å². The molecule has 0 radical (unpaired) electrons. The van der Waals surface area contributed by atoms with Crippen molar-refractivity contribution in [3.05, 3.63) is 12.2 Å². The smallest absolute Gasteiger partial charge is 1.00 e. The van der Waals surface area contributed by atoms with Crippen LogP contribution in [0.4, 0.5) is 0 Å². The molecule has 0 atom stereocenters. The molecule has 10 heteroatoms. The number of ether oxygens (including phenoxy) is 1. The second-order valence-corrected chi connectivity index (χ2v) is 5.68. The predicted octanol–water partition coefficient (Wildman–Crippen LogP) is -2.71. The number of aliphatic carboxylic acids is 2. The van der Waals surface area contributed by atoms with Gasteiger partial charge in [-0.2, -0.15) is 0 Å². The molecule has 0 aromatic heterocycles. The van der Waals surface area contributed by atoms with Crippen LogP contribution in [0, 0.1) is 5.41 Å². The summed E-state index contributed by atoms with van der Waals surface area (Å²) in [7, 11) is 0. The Kier molecular flexibility index (Phi) is 21.1. The second kappa shape index (κ2) is 18.0. The van der Waals surface area contributed by atoms with Crippen molar-refractivity contribution in [3.8, 4) is 0 Å². The molecule has 0 aliphatic heterocycles. The van der Waals surface area contributed by atoms with Gasteiger partial charge in [0.2, 0.25) is 0 Å². The first-order chi connectivity index (χ1) is 11.6. The Morgan fingerprint density at radius 1 is 0.923 bits per heavy atom. The molecular formula is C16H29KO9. The zero-order valence-corrected chi connectivity index (χ0v) is 18.6. The summed E-state index contributed by atoms with van der Waals surface area (Å²) >= 11 is 0. The molecule has 0 saturated carbocycles. The fourth-order valence-electron chi connectivity index (χ4n) is 1.36. The molecule has 26 heavy (non-hydrogen) atoms. The summed E-state index contributed by atoms with van der Waals surface area (Å²) in [5.74, 6) is -2.25. The van der Waals surface area contributed by atoms with Crippen LogP contribution in [0.2, 0.25) is 0 Å². The number of unbranched alkanes of at least 4 members (excludes halogenated alkanes) is 2. The molecule has 148 valence electrons. The molecule has 0 fully saturated rings. The van der Waals surface area contributed by atoms with Crippen LogP contribution in [0.15, 0.2) is 12.2 Å². The molecule has 0 saturated heterocycles. The molecule has 0 unspecified atom stereocenters. The molecule has 9 nitrogen and oxygen atoms in total. The maximum atomic E-state index is 11.0. The predicted molar refractivity (Wildman–Crippen MR) is 88.9 cm³/mol. The van der Waals surface area contributed by atoms with Crippen LogP contribution >= 0.6 is 0 Å². The Balaban J connectivity index is -0.000000187. The standard InChI is InChI=1S/C9H16O5.C7H12O4.K.H/c1-7(2)8(13)14-6-9(3-10,4-11)5-12;8-6(9)4-2-1-3-5-7(10)11;;/h10-12H,1,3-6H2,2H3;1-5H2,(H,8,9)(H,10,11);;/q;;+1;-1. The summed E-state index contributed by atoms with van der Waals surface area (Å²) < 4.78 is 4.72. The Morgan fingerprint density at radius 2 is 1.31 bits per heavy atom. The largest absolute Gasteiger partial charge is 1.00 e. The average Bonchev–Trinajstić information content (AvgIpc) is 2.56. The van der Waals surface area contributed by atoms with E-state index < -0.39 is 43.1 Å². The average molecular weight is 404 g/mol. The number of aliphatic hydroxyl groups excluding tert-OH is 3. The van der Waals surface area contributed by atoms with Crippen LogP contribution in [0.1, 0.15) is 40.5 Å². The molecule has 0 spiro atoms. The number of carbonyl (C=O) groups is 3. The van der Waals surface area contributed by atoms with Crippen molar-refractivity contribution in [3.63, 3.8) is 0 Å². The van der Waals surface area contributed by atoms with Gasteiger partial charge in [-0.25, -0.2) is 4.79 Å². The second-order valence-electron chi connectivity index (χ2n) is 5.68. The maximum Gasteiger partial charge on any atom is 1.00 e. The number of esters is 1. The Hall–Kier alpha value is -0.334. The van der Waals surface area contributed by atoms with Crippen LogP contribution in [-0.2, 0) is 19.1 Å². The molecule has 5 N–H and O–H groups in total. The topological polar surface area (TPSA) is 162 Å². The van der Waals surface area contributed by atoms with Gasteiger partial charge in [0, 0.05) is 18.4 Å². The van der Waals surface area contributed by atoms with Crippen molar-refractivity contribution < 1.29 is 97.5 Å². The minimum absolute atomic E-state index is 0. The number of hydrogen-bond acceptors (Lipinski definition) is 7. The molecule has 0 heterocycles. The first-order valence-corrected chi connectivity index (χ1v) is 7.73. The third-order valence-corrected chi connectivity index (χ3v) is 3.15. The van der Waals surface area contributed by atoms with Gasteiger partial charge in [-0.05, 0) is 19.8 Å². The minimum Gasteiger partial charge on any atom is -1.00 e. The van der Waals surface area contributed by atoms with E-state index in [-0.39, 0.29) is 77.8 Å². The van der Waals surface area contributed by atoms with E-state index in [4.69, 9.17) is 30.3 Å². The summed E-state index contributed by atoms with van der Waals surface area (Å²) in [6, 6.07) is 0. The number of rotatable bonds is 12. The minimum atomic E-state index is -1.18. The van der Waals surface area contributed by atoms with E-state index in [1.54, 1.807) is 0 Å². The van der Waals surface area contributed by atoms with Crippen molar-refractivity contribution >= 4 is 17.9 Å². The fourth-order valence-corrected chi connectivity index (χ4v) is 1.36. The van der Waals surface area contributed by atoms with Gasteiger partial charge in [0.15, 0.2) is 0 Å². The zero-order valence-electron chi connectivity index (χ0n) is 16.4. The van der Waals surface area contributed by atoms with Crippen LogP contribution in [0.25, 0.3) is 0 Å². The molecule has 0 aromatic rings. The molecule has 0 aromatic carbocycles. The van der Waals surface area contributed by atoms with E-state index in [0.29, 0.717) is 19.3 Å². The van der Waals surface area contributed by atoms with Crippen molar-refractivity contribution in [1.82, 2.24) is 0 Å². The summed E-state index contributed by atoms with van der Waals surface area (Å²) in [6.45, 7) is 3.26. The summed E-state index contributed by atoms with van der Waals surface area (Å²) in [4.78, 5) is 30.9. The quantitative estimate of drug-likeness (QED) is 0.101. The van der Waals surface area contributed by atoms with E-state index in [9.17, 15) is 14.4 Å². The molecule has 0 rings (SSSR count). The van der Waals surface area contributed by atoms with Crippen molar-refractivity contribution in [2.24, 2.45) is 5.41 Å². The van der Waals surface area contributed by atoms with Gasteiger partial charge in [0.1, 0.15) is 6.61 Å². The number of hydrogen-bond donors (Lipinski definition) is 5. The van der Waals surface area contributed by atoms with Gasteiger partial charge in [-0.3, -0.25) is 9.59 Å². The van der Waals surface area contributed by atoms with E-state index in [0.717, 1.165) is 0 Å². The maximum absolute atomic E-state index is 11.0. The van der Waals surface area contributed by atoms with E-state index >= 15 is 0 Å². The normalized spacial score (nSPS) is 10.0. The third-order valence-electron chi connectivity index (χ3n) is 3.15. The fraction of sp³-hybridized carbons (Fsp3) is 0.688. The first kappa shape index (κ1) is 30.4. The van der Waals surface area contributed by atoms with Crippen LogP contribution in [0.5, 0.6) is 0 Å². The first-order valence-electron chi connectivity index (χ1n) is 7.73. The Labute approximate surface area is 197 Å². The summed E-state index contributed by atoms with van der Waals surface area (Å²) in [6.07, 6.45) is 2.10. The zero-order chi connectivity index (χ0) is 19.9. The monoisotopic (exact) mass is 404 g/mol. The van der Waals surface area contributed by atoms with Gasteiger partial charge < -0.3 is 31.7 Å². The molecular weight excluding hydrogens is 375 g/mol. The van der Waals surface area contributed by atoms with Crippen LogP contribution in [0.3, 0.4) is 0 Å². The van der Waals surface area contributed by atoms with E-state index in [1.807, 2.05) is 0 Å². The van der Waals surface area contributed by atoms with E-state index in [2.05, 4.69) is 6.58 Å². The SMILES string of the molecule is C=C(C)C(=O)OCC(CO)(CO)CO.O=C(O)CCCCCC(=O)O.[H-].[K+]. The number of aliphatic hydroxyl groups is 3. The van der Waals surface area contributed by atoms with E-state index in [1.165, 1.54) is 6.92 Å². The van der Waals surface area contributed by atoms with Crippen LogP contribution in [-0.4, -0.2) is 69.9 Å². The van der Waals surface area contributed by atoms with Crippen molar-refractivity contribution in [2.75, 3.05) is 26.4 Å². The third kappa shape index (κ3) is 17.1. The Morgan fingerprint density at radius 3 is 1.58 bits per heavy atom. The summed E-state index contributed by atoms with van der Waals surface area (Å²) in [5, 5.41) is 43.1. The summed E-state index contributed by atoms with van der Waals surface area (Å²) in [5.41, 5.74) is -0.946. The molecule has 0 aliphatic carbocycles. The van der Waals surface area contributed by atoms with Gasteiger partial charge in [-0.15, -0.1) is 0 Å². The van der Waals surface area contributed by atoms with Gasteiger partial charge in [0.25, 0.3) is 0 Å². The Bertz CT molecular complexity index is 415. The van der Waals surface area contributed by atoms with Gasteiger partial charge >= 0.3 is 69.3 Å². The van der Waals surface area contributed by atoms with Gasteiger partial charge in [-0.1, -0.05) is 13.0 Å².